The molecule has 2 aromatic carbocycles. The minimum absolute atomic E-state index is 0.207. The van der Waals surface area contributed by atoms with Crippen molar-refractivity contribution in [2.24, 2.45) is 0 Å². The van der Waals surface area contributed by atoms with E-state index in [-0.39, 0.29) is 12.0 Å². The number of hydrogen-bond acceptors (Lipinski definition) is 3. The summed E-state index contributed by atoms with van der Waals surface area (Å²) < 4.78 is 17.4. The fourth-order valence-electron chi connectivity index (χ4n) is 3.57. The van der Waals surface area contributed by atoms with Crippen LogP contribution in [0.3, 0.4) is 0 Å². The zero-order chi connectivity index (χ0) is 20.5. The van der Waals surface area contributed by atoms with E-state index in [1.807, 2.05) is 35.3 Å². The number of nitrogens with zero attached hydrogens (tertiary/aromatic N) is 4. The van der Waals surface area contributed by atoms with Crippen LogP contribution in [0.25, 0.3) is 0 Å². The van der Waals surface area contributed by atoms with Gasteiger partial charge in [-0.05, 0) is 70.2 Å². The minimum atomic E-state index is -0.231. The molecule has 0 fully saturated rings. The van der Waals surface area contributed by atoms with Gasteiger partial charge in [-0.15, -0.1) is 0 Å². The van der Waals surface area contributed by atoms with Crippen LogP contribution < -0.4 is 0 Å². The van der Waals surface area contributed by atoms with Gasteiger partial charge in [0.2, 0.25) is 0 Å². The molecule has 0 amide bonds. The molecule has 0 aliphatic carbocycles. The van der Waals surface area contributed by atoms with Gasteiger partial charge in [-0.25, -0.2) is 13.8 Å². The first-order valence-corrected chi connectivity index (χ1v) is 10.3. The summed E-state index contributed by atoms with van der Waals surface area (Å²) in [5.41, 5.74) is 5.18. The molecule has 0 unspecified atom stereocenters. The Kier molecular flexibility index (Phi) is 5.28. The summed E-state index contributed by atoms with van der Waals surface area (Å²) in [4.78, 5) is 2.07. The molecule has 29 heavy (non-hydrogen) atoms. The number of halogens is 1. The molecule has 2 aromatic heterocycles. The van der Waals surface area contributed by atoms with E-state index in [1.54, 1.807) is 23.9 Å². The molecule has 0 atom stereocenters. The van der Waals surface area contributed by atoms with Gasteiger partial charge in [0.05, 0.1) is 11.4 Å². The van der Waals surface area contributed by atoms with E-state index in [0.29, 0.717) is 0 Å². The highest BCUT2D eigenvalue weighted by Gasteiger charge is 2.24. The van der Waals surface area contributed by atoms with Gasteiger partial charge in [0.25, 0.3) is 0 Å². The van der Waals surface area contributed by atoms with Crippen molar-refractivity contribution in [2.75, 3.05) is 0 Å². The third-order valence-corrected chi connectivity index (χ3v) is 5.89. The number of benzene rings is 2. The molecule has 6 heteroatoms. The molecule has 0 saturated heterocycles. The second-order valence-electron chi connectivity index (χ2n) is 7.21. The van der Waals surface area contributed by atoms with Crippen LogP contribution in [0, 0.1) is 33.5 Å². The van der Waals surface area contributed by atoms with E-state index in [9.17, 15) is 4.39 Å². The molecule has 0 bridgehead atoms. The van der Waals surface area contributed by atoms with Crippen molar-refractivity contribution in [3.8, 4) is 0 Å². The lowest BCUT2D eigenvalue weighted by atomic mass is 10.1. The fraction of sp³-hybridized carbons (Fsp3) is 0.217. The predicted molar refractivity (Wildman–Crippen MR) is 114 cm³/mol. The molecule has 0 aliphatic heterocycles. The van der Waals surface area contributed by atoms with Gasteiger partial charge in [-0.3, -0.25) is 0 Å². The standard InChI is InChI=1S/C23H23FN4S/c1-15-13-17(3)27(25-15)23(28-18(4)14-16(2)26-28)21-7-5-6-8-22(21)29-20-11-9-19(24)10-12-20/h5-14,23H,1-4H3. The Labute approximate surface area is 174 Å². The Balaban J connectivity index is 1.86. The van der Waals surface area contributed by atoms with Gasteiger partial charge in [0, 0.05) is 26.7 Å². The summed E-state index contributed by atoms with van der Waals surface area (Å²) in [6.45, 7) is 8.13. The first kappa shape index (κ1) is 19.5. The van der Waals surface area contributed by atoms with Crippen LogP contribution >= 0.6 is 11.8 Å². The lowest BCUT2D eigenvalue weighted by molar-refractivity contribution is 0.396. The fourth-order valence-corrected chi connectivity index (χ4v) is 4.53. The van der Waals surface area contributed by atoms with Gasteiger partial charge in [-0.2, -0.15) is 10.2 Å². The Morgan fingerprint density at radius 1 is 0.793 bits per heavy atom. The van der Waals surface area contributed by atoms with Gasteiger partial charge >= 0.3 is 0 Å². The summed E-state index contributed by atoms with van der Waals surface area (Å²) in [5.74, 6) is -0.231. The van der Waals surface area contributed by atoms with Crippen molar-refractivity contribution in [3.63, 3.8) is 0 Å². The average molecular weight is 407 g/mol. The molecule has 4 aromatic rings. The maximum Gasteiger partial charge on any atom is 0.170 e. The largest absolute Gasteiger partial charge is 0.240 e. The topological polar surface area (TPSA) is 35.6 Å². The molecular weight excluding hydrogens is 383 g/mol. The molecule has 148 valence electrons. The third-order valence-electron chi connectivity index (χ3n) is 4.79. The predicted octanol–water partition coefficient (Wildman–Crippen LogP) is 5.70. The second-order valence-corrected chi connectivity index (χ2v) is 8.33. The Morgan fingerprint density at radius 2 is 1.34 bits per heavy atom. The van der Waals surface area contributed by atoms with E-state index in [4.69, 9.17) is 10.2 Å². The number of rotatable bonds is 5. The average Bonchev–Trinajstić information content (AvgIpc) is 3.19. The van der Waals surface area contributed by atoms with Gasteiger partial charge in [0.15, 0.2) is 6.17 Å². The molecule has 4 rings (SSSR count). The molecule has 0 saturated carbocycles. The first-order valence-electron chi connectivity index (χ1n) is 9.50. The minimum Gasteiger partial charge on any atom is -0.240 e. The second kappa shape index (κ2) is 7.87. The molecule has 0 aliphatic rings. The van der Waals surface area contributed by atoms with E-state index in [0.717, 1.165) is 38.1 Å². The maximum atomic E-state index is 13.3. The van der Waals surface area contributed by atoms with Crippen LogP contribution in [0.1, 0.15) is 34.5 Å². The van der Waals surface area contributed by atoms with Gasteiger partial charge in [-0.1, -0.05) is 30.0 Å². The smallest absolute Gasteiger partial charge is 0.170 e. The zero-order valence-corrected chi connectivity index (χ0v) is 17.7. The molecule has 0 spiro atoms. The number of hydrogen-bond donors (Lipinski definition) is 0. The van der Waals surface area contributed by atoms with Crippen LogP contribution in [0.15, 0.2) is 70.5 Å². The van der Waals surface area contributed by atoms with Crippen molar-refractivity contribution < 1.29 is 4.39 Å². The van der Waals surface area contributed by atoms with Crippen LogP contribution in [0.2, 0.25) is 0 Å². The van der Waals surface area contributed by atoms with Crippen molar-refractivity contribution in [3.05, 3.63) is 94.8 Å². The summed E-state index contributed by atoms with van der Waals surface area (Å²) in [6, 6.07) is 19.0. The van der Waals surface area contributed by atoms with Crippen molar-refractivity contribution in [1.82, 2.24) is 19.6 Å². The monoisotopic (exact) mass is 406 g/mol. The highest BCUT2D eigenvalue weighted by Crippen LogP contribution is 2.36. The quantitative estimate of drug-likeness (QED) is 0.427. The highest BCUT2D eigenvalue weighted by atomic mass is 32.2. The normalized spacial score (nSPS) is 11.4. The highest BCUT2D eigenvalue weighted by molar-refractivity contribution is 7.99. The third kappa shape index (κ3) is 3.98. The Morgan fingerprint density at radius 3 is 1.86 bits per heavy atom. The Bertz CT molecular complexity index is 1100. The molecular formula is C23H23FN4S. The molecule has 2 heterocycles. The number of aromatic nitrogens is 4. The lowest BCUT2D eigenvalue weighted by Crippen LogP contribution is -2.24. The van der Waals surface area contributed by atoms with Crippen molar-refractivity contribution in [2.45, 2.75) is 43.7 Å². The maximum absolute atomic E-state index is 13.3. The lowest BCUT2D eigenvalue weighted by Gasteiger charge is -2.24. The van der Waals surface area contributed by atoms with E-state index < -0.39 is 0 Å². The van der Waals surface area contributed by atoms with Crippen molar-refractivity contribution in [1.29, 1.82) is 0 Å². The summed E-state index contributed by atoms with van der Waals surface area (Å²) in [7, 11) is 0. The van der Waals surface area contributed by atoms with Crippen LogP contribution in [0.5, 0.6) is 0 Å². The summed E-state index contributed by atoms with van der Waals surface area (Å²) in [5, 5.41) is 9.54. The van der Waals surface area contributed by atoms with Crippen LogP contribution in [-0.2, 0) is 0 Å². The van der Waals surface area contributed by atoms with Gasteiger partial charge < -0.3 is 0 Å². The van der Waals surface area contributed by atoms with E-state index in [1.165, 1.54) is 12.1 Å². The molecule has 4 nitrogen and oxygen atoms in total. The van der Waals surface area contributed by atoms with Crippen LogP contribution in [-0.4, -0.2) is 19.6 Å². The van der Waals surface area contributed by atoms with E-state index in [2.05, 4.69) is 38.1 Å². The zero-order valence-electron chi connectivity index (χ0n) is 16.9. The summed E-state index contributed by atoms with van der Waals surface area (Å²) in [6.07, 6.45) is -0.207. The van der Waals surface area contributed by atoms with Gasteiger partial charge in [0.1, 0.15) is 5.82 Å². The molecule has 0 N–H and O–H groups in total. The van der Waals surface area contributed by atoms with E-state index >= 15 is 0 Å². The number of aryl methyl sites for hydroxylation is 4. The first-order chi connectivity index (χ1) is 13.9. The Hall–Kier alpha value is -2.86. The van der Waals surface area contributed by atoms with Crippen LogP contribution in [0.4, 0.5) is 4.39 Å². The molecule has 0 radical (unpaired) electrons. The summed E-state index contributed by atoms with van der Waals surface area (Å²) >= 11 is 1.62. The van der Waals surface area contributed by atoms with Crippen molar-refractivity contribution >= 4 is 11.8 Å². The SMILES string of the molecule is Cc1cc(C)n(C(c2ccccc2Sc2ccc(F)cc2)n2nc(C)cc2C)n1.